The number of methoxy groups -OCH3 is 1. The van der Waals surface area contributed by atoms with Crippen molar-refractivity contribution in [1.29, 1.82) is 0 Å². The number of carbonyl (C=O) groups is 2. The molecule has 1 N–H and O–H groups in total. The minimum absolute atomic E-state index is 0.0949. The highest BCUT2D eigenvalue weighted by atomic mass is 32.1. The van der Waals surface area contributed by atoms with Gasteiger partial charge in [-0.05, 0) is 112 Å². The van der Waals surface area contributed by atoms with E-state index in [1.54, 1.807) is 13.3 Å². The van der Waals surface area contributed by atoms with Crippen molar-refractivity contribution in [3.63, 3.8) is 0 Å². The fraction of sp³-hybridized carbons (Fsp3) is 0.556. The Morgan fingerprint density at radius 3 is 2.47 bits per heavy atom. The van der Waals surface area contributed by atoms with Crippen LogP contribution in [0.5, 0.6) is 10.9 Å². The Hall–Kier alpha value is -3.70. The Labute approximate surface area is 281 Å². The van der Waals surface area contributed by atoms with Crippen LogP contribution in [0.25, 0.3) is 10.4 Å². The molecule has 2 saturated carbocycles. The molecular formula is C36H46N4O6S. The van der Waals surface area contributed by atoms with Gasteiger partial charge in [0.05, 0.1) is 37.8 Å². The van der Waals surface area contributed by atoms with E-state index in [1.807, 2.05) is 30.2 Å². The van der Waals surface area contributed by atoms with Crippen LogP contribution >= 0.6 is 11.3 Å². The molecule has 252 valence electrons. The van der Waals surface area contributed by atoms with E-state index in [0.29, 0.717) is 74.8 Å². The van der Waals surface area contributed by atoms with Crippen LogP contribution in [0.4, 0.5) is 10.6 Å². The number of rotatable bonds is 10. The number of pyridine rings is 1. The number of β-amino-alcohol motifs (C(OH)–C–C–N with tert-alkyl or cyclic N) is 1. The van der Waals surface area contributed by atoms with E-state index in [9.17, 15) is 14.7 Å². The normalized spacial score (nSPS) is 23.1. The number of benzene rings is 1. The summed E-state index contributed by atoms with van der Waals surface area (Å²) in [4.78, 5) is 40.3. The summed E-state index contributed by atoms with van der Waals surface area (Å²) in [5.74, 6) is 2.39. The molecule has 3 fully saturated rings. The molecule has 10 nitrogen and oxygen atoms in total. The molecule has 3 aromatic rings. The van der Waals surface area contributed by atoms with Crippen LogP contribution in [0.1, 0.15) is 75.3 Å². The number of nitrogens with zero attached hydrogens (tertiary/aromatic N) is 4. The van der Waals surface area contributed by atoms with Gasteiger partial charge in [0.15, 0.2) is 0 Å². The summed E-state index contributed by atoms with van der Waals surface area (Å²) in [6.07, 6.45) is 9.40. The molecule has 2 amide bonds. The summed E-state index contributed by atoms with van der Waals surface area (Å²) < 4.78 is 16.8. The number of hydrogen-bond donors (Lipinski definition) is 1. The first-order valence-corrected chi connectivity index (χ1v) is 17.8. The summed E-state index contributed by atoms with van der Waals surface area (Å²) in [5.41, 5.74) is 3.48. The number of ether oxygens (including phenoxy) is 3. The first-order valence-electron chi connectivity index (χ1n) is 17.0. The molecule has 1 aromatic carbocycles. The van der Waals surface area contributed by atoms with Crippen LogP contribution in [0.3, 0.4) is 0 Å². The second-order valence-electron chi connectivity index (χ2n) is 13.1. The second kappa shape index (κ2) is 15.0. The second-order valence-corrected chi connectivity index (χ2v) is 14.1. The summed E-state index contributed by atoms with van der Waals surface area (Å²) in [6, 6.07) is 10.5. The third-order valence-electron chi connectivity index (χ3n) is 9.91. The van der Waals surface area contributed by atoms with E-state index >= 15 is 0 Å². The minimum Gasteiger partial charge on any atom is -0.496 e. The third kappa shape index (κ3) is 7.89. The zero-order valence-electron chi connectivity index (χ0n) is 27.6. The summed E-state index contributed by atoms with van der Waals surface area (Å²) >= 11 is 1.49. The lowest BCUT2D eigenvalue weighted by Crippen LogP contribution is -2.54. The molecule has 0 bridgehead atoms. The Bertz CT molecular complexity index is 1530. The molecule has 6 rings (SSSR count). The lowest BCUT2D eigenvalue weighted by atomic mass is 9.78. The molecule has 3 aliphatic rings. The molecule has 47 heavy (non-hydrogen) atoms. The lowest BCUT2D eigenvalue weighted by molar-refractivity contribution is -0.124. The van der Waals surface area contributed by atoms with E-state index in [2.05, 4.69) is 30.1 Å². The van der Waals surface area contributed by atoms with Crippen LogP contribution in [-0.4, -0.2) is 77.5 Å². The summed E-state index contributed by atoms with van der Waals surface area (Å²) in [7, 11) is 1.71. The van der Waals surface area contributed by atoms with E-state index in [1.165, 1.54) is 21.8 Å². The molecule has 0 spiro atoms. The lowest BCUT2D eigenvalue weighted by Gasteiger charge is -2.38. The molecule has 0 radical (unpaired) electrons. The molecule has 11 heteroatoms. The van der Waals surface area contributed by atoms with E-state index in [4.69, 9.17) is 19.2 Å². The Kier molecular flexibility index (Phi) is 10.6. The predicted molar refractivity (Wildman–Crippen MR) is 181 cm³/mol. The number of carbonyl (C=O) groups excluding carboxylic acids is 2. The molecule has 0 unspecified atom stereocenters. The Morgan fingerprint density at radius 1 is 1.02 bits per heavy atom. The van der Waals surface area contributed by atoms with Crippen LogP contribution in [0, 0.1) is 18.8 Å². The van der Waals surface area contributed by atoms with E-state index in [0.717, 1.165) is 47.4 Å². The van der Waals surface area contributed by atoms with Gasteiger partial charge in [0.25, 0.3) is 5.19 Å². The van der Waals surface area contributed by atoms with Crippen molar-refractivity contribution < 1.29 is 28.9 Å². The molecule has 0 atom stereocenters. The van der Waals surface area contributed by atoms with Crippen molar-refractivity contribution in [3.8, 4) is 21.4 Å². The van der Waals surface area contributed by atoms with Gasteiger partial charge in [-0.1, -0.05) is 23.5 Å². The third-order valence-corrected chi connectivity index (χ3v) is 10.9. The van der Waals surface area contributed by atoms with Gasteiger partial charge in [-0.3, -0.25) is 9.69 Å². The molecule has 1 saturated heterocycles. The van der Waals surface area contributed by atoms with Gasteiger partial charge in [0.1, 0.15) is 17.7 Å². The van der Waals surface area contributed by atoms with Gasteiger partial charge < -0.3 is 24.2 Å². The topological polar surface area (TPSA) is 114 Å². The molecule has 3 heterocycles. The molecule has 2 aliphatic carbocycles. The smallest absolute Gasteiger partial charge is 0.410 e. The van der Waals surface area contributed by atoms with Crippen LogP contribution < -0.4 is 14.4 Å². The van der Waals surface area contributed by atoms with Gasteiger partial charge in [-0.25, -0.2) is 14.8 Å². The van der Waals surface area contributed by atoms with Crippen molar-refractivity contribution in [3.05, 3.63) is 53.9 Å². The molecular weight excluding hydrogens is 616 g/mol. The fourth-order valence-electron chi connectivity index (χ4n) is 7.16. The number of aromatic nitrogens is 2. The van der Waals surface area contributed by atoms with Gasteiger partial charge in [0, 0.05) is 24.9 Å². The van der Waals surface area contributed by atoms with Crippen LogP contribution in [0.2, 0.25) is 0 Å². The number of aliphatic hydroxyl groups is 1. The van der Waals surface area contributed by atoms with Crippen molar-refractivity contribution in [2.45, 2.75) is 83.3 Å². The molecule has 2 aromatic heterocycles. The summed E-state index contributed by atoms with van der Waals surface area (Å²) in [5, 5.41) is 10.1. The van der Waals surface area contributed by atoms with Gasteiger partial charge >= 0.3 is 6.09 Å². The van der Waals surface area contributed by atoms with Crippen molar-refractivity contribution in [2.24, 2.45) is 11.8 Å². The SMILES string of the molecule is CCOc1ncc(-c2ccnc(N(C[C@H]3CC[C@H](c4ccc(OC)c(C)c4)CC3)C(=O)[C@H]3CC[C@H](OC(=O)N4CC(O)C4)CC3)c2)s1. The average molecular weight is 663 g/mol. The van der Waals surface area contributed by atoms with Crippen molar-refractivity contribution in [1.82, 2.24) is 14.9 Å². The van der Waals surface area contributed by atoms with Crippen molar-refractivity contribution in [2.75, 3.05) is 38.3 Å². The number of likely N-dealkylation sites (tertiary alicyclic amines) is 1. The Morgan fingerprint density at radius 2 is 1.79 bits per heavy atom. The predicted octanol–water partition coefficient (Wildman–Crippen LogP) is 6.60. The van der Waals surface area contributed by atoms with E-state index in [-0.39, 0.29) is 24.0 Å². The standard InChI is InChI=1S/C36H46N4O6S/c1-4-45-35-38-19-32(47-35)28-15-16-37-33(18-28)40(20-24-5-7-25(8-6-24)27-11-14-31(44-3)23(2)17-27)34(42)26-9-12-30(13-10-26)46-36(43)39-21-29(41)22-39/h11,14-19,24-26,29-30,41H,4-10,12-13,20-22H2,1-3H3/t24-,25-,26-,30-. The first kappa shape index (κ1) is 33.2. The zero-order valence-corrected chi connectivity index (χ0v) is 28.4. The van der Waals surface area contributed by atoms with Crippen molar-refractivity contribution >= 4 is 29.2 Å². The number of aryl methyl sites for hydroxylation is 1. The largest absolute Gasteiger partial charge is 0.496 e. The molecule has 1 aliphatic heterocycles. The quantitative estimate of drug-likeness (QED) is 0.258. The highest BCUT2D eigenvalue weighted by Gasteiger charge is 2.36. The van der Waals surface area contributed by atoms with Gasteiger partial charge in [0.2, 0.25) is 5.91 Å². The number of amides is 2. The Balaban J connectivity index is 1.14. The van der Waals surface area contributed by atoms with Gasteiger partial charge in [-0.15, -0.1) is 0 Å². The number of aliphatic hydroxyl groups excluding tert-OH is 1. The first-order chi connectivity index (χ1) is 22.8. The zero-order chi connectivity index (χ0) is 32.9. The number of hydrogen-bond acceptors (Lipinski definition) is 9. The maximum Gasteiger partial charge on any atom is 0.410 e. The summed E-state index contributed by atoms with van der Waals surface area (Å²) in [6.45, 7) is 5.86. The van der Waals surface area contributed by atoms with Gasteiger partial charge in [-0.2, -0.15) is 0 Å². The highest BCUT2D eigenvalue weighted by molar-refractivity contribution is 7.16. The highest BCUT2D eigenvalue weighted by Crippen LogP contribution is 2.39. The maximum atomic E-state index is 14.3. The van der Waals surface area contributed by atoms with E-state index < -0.39 is 6.10 Å². The average Bonchev–Trinajstić information content (AvgIpc) is 3.55. The monoisotopic (exact) mass is 662 g/mol. The fourth-order valence-corrected chi connectivity index (χ4v) is 7.98. The number of anilines is 1. The maximum absolute atomic E-state index is 14.3. The van der Waals surface area contributed by atoms with Crippen LogP contribution in [-0.2, 0) is 9.53 Å². The minimum atomic E-state index is -0.460. The number of thiazole rings is 1. The van der Waals surface area contributed by atoms with Crippen LogP contribution in [0.15, 0.2) is 42.7 Å².